The molecule has 0 spiro atoms. The zero-order chi connectivity index (χ0) is 11.1. The molecule has 1 aromatic rings. The standard InChI is InChI=1S/C11H16ClN3O/c1-2-3-10-13-14-11(12)15(10)8-6-7-4-5-9(8)16-7/h7-9H,2-6H2,1H3. The Balaban J connectivity index is 1.90. The van der Waals surface area contributed by atoms with E-state index in [2.05, 4.69) is 21.7 Å². The molecule has 5 heteroatoms. The van der Waals surface area contributed by atoms with E-state index >= 15 is 0 Å². The van der Waals surface area contributed by atoms with E-state index in [0.717, 1.165) is 31.5 Å². The molecule has 3 heterocycles. The summed E-state index contributed by atoms with van der Waals surface area (Å²) >= 11 is 6.13. The van der Waals surface area contributed by atoms with Crippen LogP contribution < -0.4 is 0 Å². The average Bonchev–Trinajstić information content (AvgIpc) is 2.94. The van der Waals surface area contributed by atoms with Crippen molar-refractivity contribution in [2.75, 3.05) is 0 Å². The average molecular weight is 242 g/mol. The minimum absolute atomic E-state index is 0.328. The topological polar surface area (TPSA) is 39.9 Å². The zero-order valence-corrected chi connectivity index (χ0v) is 10.2. The van der Waals surface area contributed by atoms with Gasteiger partial charge in [-0.2, -0.15) is 0 Å². The second kappa shape index (κ2) is 4.00. The molecule has 3 atom stereocenters. The summed E-state index contributed by atoms with van der Waals surface area (Å²) in [7, 11) is 0. The molecule has 2 fully saturated rings. The summed E-state index contributed by atoms with van der Waals surface area (Å²) in [6, 6.07) is 0.364. The molecular weight excluding hydrogens is 226 g/mol. The molecule has 0 radical (unpaired) electrons. The van der Waals surface area contributed by atoms with Gasteiger partial charge in [-0.3, -0.25) is 4.57 Å². The molecule has 0 saturated carbocycles. The van der Waals surface area contributed by atoms with Crippen LogP contribution in [-0.2, 0) is 11.2 Å². The SMILES string of the molecule is CCCc1nnc(Cl)n1C1CC2CCC1O2. The third kappa shape index (κ3) is 1.55. The lowest BCUT2D eigenvalue weighted by atomic mass is 9.95. The van der Waals surface area contributed by atoms with Gasteiger partial charge in [-0.15, -0.1) is 10.2 Å². The summed E-state index contributed by atoms with van der Waals surface area (Å²) in [5, 5.41) is 8.66. The first-order valence-electron chi connectivity index (χ1n) is 6.04. The van der Waals surface area contributed by atoms with Gasteiger partial charge in [-0.1, -0.05) is 6.92 Å². The summed E-state index contributed by atoms with van der Waals surface area (Å²) < 4.78 is 7.95. The summed E-state index contributed by atoms with van der Waals surface area (Å²) in [5.74, 6) is 1.01. The van der Waals surface area contributed by atoms with Gasteiger partial charge in [-0.25, -0.2) is 0 Å². The van der Waals surface area contributed by atoms with Crippen molar-refractivity contribution in [3.8, 4) is 0 Å². The molecule has 16 heavy (non-hydrogen) atoms. The van der Waals surface area contributed by atoms with E-state index in [1.165, 1.54) is 6.42 Å². The van der Waals surface area contributed by atoms with Crippen molar-refractivity contribution < 1.29 is 4.74 Å². The van der Waals surface area contributed by atoms with Gasteiger partial charge in [0.25, 0.3) is 0 Å². The van der Waals surface area contributed by atoms with E-state index in [-0.39, 0.29) is 0 Å². The Morgan fingerprint density at radius 1 is 1.44 bits per heavy atom. The van der Waals surface area contributed by atoms with Crippen LogP contribution in [0.5, 0.6) is 0 Å². The first-order chi connectivity index (χ1) is 7.79. The number of nitrogens with zero attached hydrogens (tertiary/aromatic N) is 3. The van der Waals surface area contributed by atoms with E-state index in [0.29, 0.717) is 23.5 Å². The molecule has 1 aromatic heterocycles. The number of rotatable bonds is 3. The summed E-state index contributed by atoms with van der Waals surface area (Å²) in [6.45, 7) is 2.14. The Morgan fingerprint density at radius 3 is 2.94 bits per heavy atom. The normalized spacial score (nSPS) is 32.5. The van der Waals surface area contributed by atoms with Crippen LogP contribution in [0.4, 0.5) is 0 Å². The zero-order valence-electron chi connectivity index (χ0n) is 9.40. The molecule has 2 aliphatic heterocycles. The fraction of sp³-hybridized carbons (Fsp3) is 0.818. The summed E-state index contributed by atoms with van der Waals surface area (Å²) in [5.41, 5.74) is 0. The van der Waals surface area contributed by atoms with Gasteiger partial charge in [0.15, 0.2) is 0 Å². The monoisotopic (exact) mass is 241 g/mol. The highest BCUT2D eigenvalue weighted by Gasteiger charge is 2.43. The maximum atomic E-state index is 6.13. The molecule has 3 unspecified atom stereocenters. The number of hydrogen-bond donors (Lipinski definition) is 0. The predicted molar refractivity (Wildman–Crippen MR) is 60.6 cm³/mol. The molecule has 2 aliphatic rings. The number of fused-ring (bicyclic) bond motifs is 2. The van der Waals surface area contributed by atoms with Crippen molar-refractivity contribution in [1.82, 2.24) is 14.8 Å². The molecule has 3 rings (SSSR count). The van der Waals surface area contributed by atoms with Gasteiger partial charge in [-0.05, 0) is 37.3 Å². The molecule has 4 nitrogen and oxygen atoms in total. The van der Waals surface area contributed by atoms with Crippen LogP contribution in [0.25, 0.3) is 0 Å². The fourth-order valence-corrected chi connectivity index (χ4v) is 3.17. The lowest BCUT2D eigenvalue weighted by Crippen LogP contribution is -2.22. The van der Waals surface area contributed by atoms with Crippen LogP contribution in [0.3, 0.4) is 0 Å². The predicted octanol–water partition coefficient (Wildman–Crippen LogP) is 2.38. The van der Waals surface area contributed by atoms with Crippen molar-refractivity contribution >= 4 is 11.6 Å². The van der Waals surface area contributed by atoms with Crippen molar-refractivity contribution in [2.24, 2.45) is 0 Å². The lowest BCUT2D eigenvalue weighted by Gasteiger charge is -2.22. The highest BCUT2D eigenvalue weighted by molar-refractivity contribution is 6.28. The van der Waals surface area contributed by atoms with E-state index in [4.69, 9.17) is 16.3 Å². The maximum Gasteiger partial charge on any atom is 0.225 e. The Morgan fingerprint density at radius 2 is 2.31 bits per heavy atom. The maximum absolute atomic E-state index is 6.13. The minimum atomic E-state index is 0.328. The third-order valence-corrected chi connectivity index (χ3v) is 3.86. The Bertz CT molecular complexity index is 393. The molecular formula is C11H16ClN3O. The molecule has 0 amide bonds. The van der Waals surface area contributed by atoms with Gasteiger partial charge in [0.2, 0.25) is 5.28 Å². The Hall–Kier alpha value is -0.610. The molecule has 0 aromatic carbocycles. The van der Waals surface area contributed by atoms with Crippen LogP contribution in [-0.4, -0.2) is 27.0 Å². The van der Waals surface area contributed by atoms with Gasteiger partial charge in [0.05, 0.1) is 18.2 Å². The largest absolute Gasteiger partial charge is 0.373 e. The number of hydrogen-bond acceptors (Lipinski definition) is 3. The highest BCUT2D eigenvalue weighted by atomic mass is 35.5. The minimum Gasteiger partial charge on any atom is -0.373 e. The van der Waals surface area contributed by atoms with Crippen molar-refractivity contribution in [3.63, 3.8) is 0 Å². The van der Waals surface area contributed by atoms with Crippen molar-refractivity contribution in [2.45, 2.75) is 57.3 Å². The Labute approximate surface area is 99.9 Å². The first kappa shape index (κ1) is 10.5. The summed E-state index contributed by atoms with van der Waals surface area (Å²) in [6.07, 6.45) is 6.18. The number of aryl methyl sites for hydroxylation is 1. The second-order valence-electron chi connectivity index (χ2n) is 4.68. The van der Waals surface area contributed by atoms with Gasteiger partial charge in [0.1, 0.15) is 5.82 Å². The number of aromatic nitrogens is 3. The smallest absolute Gasteiger partial charge is 0.225 e. The molecule has 2 bridgehead atoms. The summed E-state index contributed by atoms with van der Waals surface area (Å²) in [4.78, 5) is 0. The molecule has 88 valence electrons. The third-order valence-electron chi connectivity index (χ3n) is 3.60. The van der Waals surface area contributed by atoms with Crippen molar-refractivity contribution in [3.05, 3.63) is 11.1 Å². The van der Waals surface area contributed by atoms with E-state index in [1.807, 2.05) is 0 Å². The van der Waals surface area contributed by atoms with Crippen LogP contribution in [0, 0.1) is 0 Å². The highest BCUT2D eigenvalue weighted by Crippen LogP contribution is 2.43. The van der Waals surface area contributed by atoms with Crippen LogP contribution in [0.2, 0.25) is 5.28 Å². The second-order valence-corrected chi connectivity index (χ2v) is 5.02. The number of halogens is 1. The van der Waals surface area contributed by atoms with Crippen molar-refractivity contribution in [1.29, 1.82) is 0 Å². The van der Waals surface area contributed by atoms with E-state index in [9.17, 15) is 0 Å². The van der Waals surface area contributed by atoms with E-state index in [1.54, 1.807) is 0 Å². The molecule has 2 saturated heterocycles. The van der Waals surface area contributed by atoms with Gasteiger partial charge < -0.3 is 4.74 Å². The Kier molecular flexibility index (Phi) is 2.64. The van der Waals surface area contributed by atoms with E-state index < -0.39 is 0 Å². The lowest BCUT2D eigenvalue weighted by molar-refractivity contribution is 0.0934. The quantitative estimate of drug-likeness (QED) is 0.816. The van der Waals surface area contributed by atoms with Crippen LogP contribution in [0.15, 0.2) is 0 Å². The number of ether oxygens (including phenoxy) is 1. The molecule has 0 N–H and O–H groups in total. The van der Waals surface area contributed by atoms with Gasteiger partial charge >= 0.3 is 0 Å². The van der Waals surface area contributed by atoms with Crippen LogP contribution >= 0.6 is 11.6 Å². The van der Waals surface area contributed by atoms with Crippen LogP contribution in [0.1, 0.15) is 44.5 Å². The first-order valence-corrected chi connectivity index (χ1v) is 6.42. The van der Waals surface area contributed by atoms with Gasteiger partial charge in [0, 0.05) is 6.42 Å². The fourth-order valence-electron chi connectivity index (χ4n) is 2.91. The molecule has 0 aliphatic carbocycles.